The molecule has 5 aromatic rings. The van der Waals surface area contributed by atoms with Crippen LogP contribution in [0.1, 0.15) is 48.5 Å². The molecule has 55 heavy (non-hydrogen) atoms. The average Bonchev–Trinajstić information content (AvgIpc) is 3.19. The van der Waals surface area contributed by atoms with E-state index in [4.69, 9.17) is 16.3 Å². The van der Waals surface area contributed by atoms with Crippen LogP contribution >= 0.6 is 11.6 Å². The number of carbonyl (C=O) groups excluding carboxylic acids is 1. The molecular formula is C42H44ClN5O7. The maximum atomic E-state index is 13.3. The van der Waals surface area contributed by atoms with E-state index in [1.54, 1.807) is 29.2 Å². The number of methoxy groups -OCH3 is 1. The molecule has 1 aromatic heterocycles. The number of carboxylic acid groups (broad SMARTS) is 1. The SMILES string of the molecule is COc1cc(NC(=O)CCc2ccc(-c3ccccc3)c(N(C(=O)O)C34CCN(CC3)CC4)c2)c(Cl)cc1CNC[C@H](O)c1ccc(O)c2[nH]c(=O)ccc12. The molecule has 3 aliphatic heterocycles. The number of nitrogens with one attached hydrogen (secondary N) is 3. The normalized spacial score (nSPS) is 18.2. The zero-order valence-corrected chi connectivity index (χ0v) is 31.2. The number of fused-ring (bicyclic) bond motifs is 4. The molecule has 12 nitrogen and oxygen atoms in total. The van der Waals surface area contributed by atoms with Gasteiger partial charge in [-0.25, -0.2) is 4.79 Å². The summed E-state index contributed by atoms with van der Waals surface area (Å²) in [7, 11) is 1.52. The lowest BCUT2D eigenvalue weighted by atomic mass is 9.78. The minimum atomic E-state index is -0.967. The Bertz CT molecular complexity index is 2260. The molecule has 0 aliphatic carbocycles. The van der Waals surface area contributed by atoms with E-state index in [0.717, 1.165) is 55.6 Å². The van der Waals surface area contributed by atoms with Gasteiger partial charge < -0.3 is 40.6 Å². The van der Waals surface area contributed by atoms with E-state index in [9.17, 15) is 29.7 Å². The number of aromatic amines is 1. The van der Waals surface area contributed by atoms with Crippen LogP contribution in [0.15, 0.2) is 89.7 Å². The molecular weight excluding hydrogens is 722 g/mol. The fourth-order valence-electron chi connectivity index (χ4n) is 7.98. The second-order valence-electron chi connectivity index (χ2n) is 14.3. The first-order valence-corrected chi connectivity index (χ1v) is 18.8. The molecule has 2 amide bonds. The van der Waals surface area contributed by atoms with Crippen LogP contribution in [0.4, 0.5) is 16.2 Å². The van der Waals surface area contributed by atoms with Gasteiger partial charge in [-0.15, -0.1) is 0 Å². The van der Waals surface area contributed by atoms with Gasteiger partial charge in [-0.3, -0.25) is 14.5 Å². The number of anilines is 2. The van der Waals surface area contributed by atoms with Crippen molar-refractivity contribution in [3.8, 4) is 22.6 Å². The molecule has 8 rings (SSSR count). The van der Waals surface area contributed by atoms with Gasteiger partial charge in [0.25, 0.3) is 0 Å². The lowest BCUT2D eigenvalue weighted by Crippen LogP contribution is -2.62. The Hall–Kier alpha value is -5.40. The summed E-state index contributed by atoms with van der Waals surface area (Å²) in [6.07, 6.45) is 0.940. The summed E-state index contributed by atoms with van der Waals surface area (Å²) in [6, 6.07) is 24.9. The summed E-state index contributed by atoms with van der Waals surface area (Å²) in [5.74, 6) is 0.135. The zero-order chi connectivity index (χ0) is 38.7. The van der Waals surface area contributed by atoms with Crippen LogP contribution in [0.2, 0.25) is 5.02 Å². The van der Waals surface area contributed by atoms with Crippen molar-refractivity contribution in [1.29, 1.82) is 0 Å². The van der Waals surface area contributed by atoms with Crippen molar-refractivity contribution in [1.82, 2.24) is 15.2 Å². The molecule has 3 saturated heterocycles. The van der Waals surface area contributed by atoms with E-state index in [-0.39, 0.29) is 42.2 Å². The fraction of sp³-hybridized carbons (Fsp3) is 0.310. The van der Waals surface area contributed by atoms with Gasteiger partial charge in [0.2, 0.25) is 11.5 Å². The summed E-state index contributed by atoms with van der Waals surface area (Å²) < 4.78 is 5.62. The number of amides is 2. The second-order valence-corrected chi connectivity index (χ2v) is 14.7. The quantitative estimate of drug-likeness (QED) is 0.0767. The number of benzene rings is 4. The molecule has 286 valence electrons. The number of ether oxygens (including phenoxy) is 1. The first kappa shape index (κ1) is 37.9. The number of aromatic nitrogens is 1. The maximum Gasteiger partial charge on any atom is 0.412 e. The van der Waals surface area contributed by atoms with Crippen molar-refractivity contribution in [3.05, 3.63) is 117 Å². The Morgan fingerprint density at radius 3 is 2.45 bits per heavy atom. The van der Waals surface area contributed by atoms with Crippen LogP contribution in [0.25, 0.3) is 22.0 Å². The van der Waals surface area contributed by atoms with E-state index in [0.29, 0.717) is 45.1 Å². The van der Waals surface area contributed by atoms with Gasteiger partial charge >= 0.3 is 6.09 Å². The number of aliphatic hydroxyl groups excluding tert-OH is 1. The van der Waals surface area contributed by atoms with Crippen molar-refractivity contribution in [2.45, 2.75) is 50.3 Å². The van der Waals surface area contributed by atoms with Crippen LogP contribution in [-0.4, -0.2) is 76.0 Å². The third-order valence-corrected chi connectivity index (χ3v) is 11.3. The minimum Gasteiger partial charge on any atom is -0.506 e. The van der Waals surface area contributed by atoms with Gasteiger partial charge in [-0.1, -0.05) is 60.1 Å². The van der Waals surface area contributed by atoms with Gasteiger partial charge in [-0.05, 0) is 66.6 Å². The lowest BCUT2D eigenvalue weighted by Gasteiger charge is -2.53. The second kappa shape index (κ2) is 16.1. The summed E-state index contributed by atoms with van der Waals surface area (Å²) in [4.78, 5) is 44.7. The van der Waals surface area contributed by atoms with E-state index in [2.05, 4.69) is 20.5 Å². The number of aromatic hydroxyl groups is 1. The van der Waals surface area contributed by atoms with E-state index in [1.807, 2.05) is 48.5 Å². The molecule has 3 fully saturated rings. The third kappa shape index (κ3) is 8.04. The number of hydrogen-bond donors (Lipinski definition) is 6. The number of carbonyl (C=O) groups is 2. The number of halogens is 1. The predicted octanol–water partition coefficient (Wildman–Crippen LogP) is 6.68. The molecule has 4 heterocycles. The number of aryl methyl sites for hydroxylation is 1. The number of piperidine rings is 3. The van der Waals surface area contributed by atoms with Crippen LogP contribution in [0.5, 0.6) is 11.5 Å². The first-order chi connectivity index (χ1) is 26.5. The Morgan fingerprint density at radius 2 is 1.75 bits per heavy atom. The summed E-state index contributed by atoms with van der Waals surface area (Å²) >= 11 is 6.65. The van der Waals surface area contributed by atoms with Gasteiger partial charge in [0.1, 0.15) is 11.5 Å². The number of rotatable bonds is 13. The lowest BCUT2D eigenvalue weighted by molar-refractivity contribution is -0.116. The standard InChI is InChI=1S/C42H44ClN5O7/c1-55-37-23-33(32(43)22-28(37)24-44-25-36(50)30-10-12-35(49)40-31(30)11-14-39(52)46-40)45-38(51)13-8-26-7-9-29(27-5-3-2-4-6-27)34(21-26)48(41(53)54)42-15-18-47(19-16-42)20-17-42/h2-7,9-12,14,21-23,36,44,49-50H,8,13,15-20,24-25H2,1H3,(H,45,51)(H,46,52)(H,53,54)/t36-/m0/s1. The largest absolute Gasteiger partial charge is 0.506 e. The highest BCUT2D eigenvalue weighted by Crippen LogP contribution is 2.44. The van der Waals surface area contributed by atoms with Gasteiger partial charge in [0, 0.05) is 67.8 Å². The van der Waals surface area contributed by atoms with Crippen LogP contribution < -0.4 is 25.8 Å². The smallest absolute Gasteiger partial charge is 0.412 e. The summed E-state index contributed by atoms with van der Waals surface area (Å²) in [5, 5.41) is 38.8. The number of phenolic OH excluding ortho intramolecular Hbond substituents is 1. The Balaban J connectivity index is 1.03. The van der Waals surface area contributed by atoms with Crippen LogP contribution in [0.3, 0.4) is 0 Å². The monoisotopic (exact) mass is 765 g/mol. The molecule has 3 aliphatic rings. The zero-order valence-electron chi connectivity index (χ0n) is 30.5. The molecule has 0 unspecified atom stereocenters. The topological polar surface area (TPSA) is 167 Å². The maximum absolute atomic E-state index is 13.3. The molecule has 4 aromatic carbocycles. The number of hydrogen-bond acceptors (Lipinski definition) is 8. The number of nitrogens with zero attached hydrogens (tertiary/aromatic N) is 2. The van der Waals surface area contributed by atoms with Gasteiger partial charge in [0.15, 0.2) is 0 Å². The molecule has 0 spiro atoms. The van der Waals surface area contributed by atoms with Gasteiger partial charge in [0.05, 0.1) is 40.7 Å². The van der Waals surface area contributed by atoms with E-state index >= 15 is 0 Å². The first-order valence-electron chi connectivity index (χ1n) is 18.4. The highest BCUT2D eigenvalue weighted by Gasteiger charge is 2.47. The Kier molecular flexibility index (Phi) is 11.1. The predicted molar refractivity (Wildman–Crippen MR) is 213 cm³/mol. The molecule has 2 bridgehead atoms. The van der Waals surface area contributed by atoms with Crippen molar-refractivity contribution < 1.29 is 29.6 Å². The summed E-state index contributed by atoms with van der Waals surface area (Å²) in [6.45, 7) is 3.07. The molecule has 6 N–H and O–H groups in total. The third-order valence-electron chi connectivity index (χ3n) is 10.9. The van der Waals surface area contributed by atoms with E-state index in [1.165, 1.54) is 19.2 Å². The molecule has 13 heteroatoms. The Morgan fingerprint density at radius 1 is 1.00 bits per heavy atom. The van der Waals surface area contributed by atoms with Crippen molar-refractivity contribution in [2.24, 2.45) is 0 Å². The fourth-order valence-corrected chi connectivity index (χ4v) is 8.21. The number of H-pyrrole nitrogens is 1. The molecule has 0 radical (unpaired) electrons. The van der Waals surface area contributed by atoms with Crippen molar-refractivity contribution in [3.63, 3.8) is 0 Å². The Labute approximate surface area is 323 Å². The summed E-state index contributed by atoms with van der Waals surface area (Å²) in [5.41, 5.74) is 4.32. The number of aliphatic hydroxyl groups is 1. The van der Waals surface area contributed by atoms with E-state index < -0.39 is 17.7 Å². The molecule has 1 atom stereocenters. The van der Waals surface area contributed by atoms with Gasteiger partial charge in [-0.2, -0.15) is 0 Å². The van der Waals surface area contributed by atoms with Crippen molar-refractivity contribution >= 4 is 45.9 Å². The number of phenols is 1. The highest BCUT2D eigenvalue weighted by molar-refractivity contribution is 6.33. The van der Waals surface area contributed by atoms with Crippen LogP contribution in [-0.2, 0) is 17.8 Å². The highest BCUT2D eigenvalue weighted by atomic mass is 35.5. The molecule has 0 saturated carbocycles. The van der Waals surface area contributed by atoms with Crippen LogP contribution in [0, 0.1) is 0 Å². The van der Waals surface area contributed by atoms with Crippen molar-refractivity contribution in [2.75, 3.05) is 43.5 Å². The minimum absolute atomic E-state index is 0.0864. The number of pyridine rings is 1. The average molecular weight is 766 g/mol.